The third-order valence-corrected chi connectivity index (χ3v) is 17.0. The molecule has 0 aliphatic carbocycles. The molecule has 3 heterocycles. The van der Waals surface area contributed by atoms with Gasteiger partial charge in [0.1, 0.15) is 0 Å². The Hall–Kier alpha value is -7.97. The number of fused-ring (bicyclic) bond motifs is 11. The summed E-state index contributed by atoms with van der Waals surface area (Å²) in [6, 6.07) is 88.7. The lowest BCUT2D eigenvalue weighted by Crippen LogP contribution is -2.48. The molecule has 2 aliphatic heterocycles. The molecule has 0 saturated carbocycles. The Bertz CT molecular complexity index is 3670. The lowest BCUT2D eigenvalue weighted by Gasteiger charge is -2.47. The van der Waals surface area contributed by atoms with Crippen LogP contribution in [0.4, 0.5) is 17.1 Å². The van der Waals surface area contributed by atoms with Gasteiger partial charge in [-0.15, -0.1) is 0 Å². The standard InChI is InChI=1S/C61H41N2OP/c64-65(49-21-8-3-9-22-49)58-30-15-12-26-53(58)61(52-25-11-14-29-57(52)63-56-28-13-10-23-50(56)51-24-16-27-54(61)60(51)63)55-41-45(35-40-59(55)65)44-33-38-48(39-34-44)62(46-19-6-2-7-20-46)47-36-31-43(32-37-47)42-17-4-1-5-18-42/h1-41H. The maximum atomic E-state index is 16.6. The van der Waals surface area contributed by atoms with Gasteiger partial charge in [0.25, 0.3) is 0 Å². The first kappa shape index (κ1) is 37.6. The Labute approximate surface area is 378 Å². The van der Waals surface area contributed by atoms with Gasteiger partial charge in [-0.05, 0) is 105 Å². The van der Waals surface area contributed by atoms with Crippen molar-refractivity contribution in [2.75, 3.05) is 4.90 Å². The van der Waals surface area contributed by atoms with Gasteiger partial charge in [0.15, 0.2) is 7.14 Å². The van der Waals surface area contributed by atoms with Crippen LogP contribution in [0.15, 0.2) is 249 Å². The van der Waals surface area contributed by atoms with Gasteiger partial charge in [0.2, 0.25) is 0 Å². The van der Waals surface area contributed by atoms with E-state index in [-0.39, 0.29) is 0 Å². The van der Waals surface area contributed by atoms with Gasteiger partial charge >= 0.3 is 0 Å². The Morgan fingerprint density at radius 3 is 1.62 bits per heavy atom. The average molecular weight is 849 g/mol. The summed E-state index contributed by atoms with van der Waals surface area (Å²) in [5, 5.41) is 5.06. The Kier molecular flexibility index (Phi) is 8.40. The van der Waals surface area contributed by atoms with Crippen molar-refractivity contribution in [1.29, 1.82) is 0 Å². The summed E-state index contributed by atoms with van der Waals surface area (Å²) >= 11 is 0. The van der Waals surface area contributed by atoms with Crippen molar-refractivity contribution in [2.45, 2.75) is 5.41 Å². The molecule has 0 radical (unpaired) electrons. The molecule has 0 fully saturated rings. The summed E-state index contributed by atoms with van der Waals surface area (Å²) < 4.78 is 19.0. The Morgan fingerprint density at radius 2 is 0.877 bits per heavy atom. The highest BCUT2D eigenvalue weighted by Crippen LogP contribution is 2.61. The van der Waals surface area contributed by atoms with Crippen LogP contribution in [0.1, 0.15) is 22.3 Å². The van der Waals surface area contributed by atoms with Crippen LogP contribution >= 0.6 is 7.14 Å². The summed E-state index contributed by atoms with van der Waals surface area (Å²) in [6.45, 7) is 0. The molecule has 306 valence electrons. The van der Waals surface area contributed by atoms with Crippen molar-refractivity contribution < 1.29 is 4.57 Å². The van der Waals surface area contributed by atoms with Crippen LogP contribution in [0.2, 0.25) is 0 Å². The Balaban J connectivity index is 1.04. The second kappa shape index (κ2) is 14.5. The summed E-state index contributed by atoms with van der Waals surface area (Å²) in [5.74, 6) is 0. The Morgan fingerprint density at radius 1 is 0.369 bits per heavy atom. The quantitative estimate of drug-likeness (QED) is 0.156. The maximum absolute atomic E-state index is 16.6. The van der Waals surface area contributed by atoms with Crippen LogP contribution in [-0.4, -0.2) is 4.57 Å². The SMILES string of the molecule is O=P1(c2ccccc2)c2ccccc2C2(c3ccccc3-n3c4ccccc4c4cccc2c43)c2cc(-c3ccc(N(c4ccccc4)c4ccc(-c5ccccc5)cc4)cc3)ccc21. The van der Waals surface area contributed by atoms with Gasteiger partial charge in [-0.1, -0.05) is 188 Å². The van der Waals surface area contributed by atoms with E-state index in [1.807, 2.05) is 30.3 Å². The largest absolute Gasteiger partial charge is 0.311 e. The molecule has 0 N–H and O–H groups in total. The molecule has 0 bridgehead atoms. The molecular weight excluding hydrogens is 808 g/mol. The van der Waals surface area contributed by atoms with Gasteiger partial charge in [-0.25, -0.2) is 0 Å². The van der Waals surface area contributed by atoms with Crippen LogP contribution in [-0.2, 0) is 9.98 Å². The monoisotopic (exact) mass is 848 g/mol. The predicted molar refractivity (Wildman–Crippen MR) is 271 cm³/mol. The molecule has 1 aromatic heterocycles. The molecule has 2 atom stereocenters. The highest BCUT2D eigenvalue weighted by molar-refractivity contribution is 7.85. The highest BCUT2D eigenvalue weighted by Gasteiger charge is 2.54. The van der Waals surface area contributed by atoms with Crippen LogP contribution in [0, 0.1) is 0 Å². The third kappa shape index (κ3) is 5.40. The fraction of sp³-hybridized carbons (Fsp3) is 0.0164. The minimum absolute atomic E-state index is 0.777. The van der Waals surface area contributed by atoms with Crippen LogP contribution in [0.3, 0.4) is 0 Å². The van der Waals surface area contributed by atoms with Crippen molar-refractivity contribution in [1.82, 2.24) is 4.57 Å². The zero-order chi connectivity index (χ0) is 43.1. The summed E-state index contributed by atoms with van der Waals surface area (Å²) in [4.78, 5) is 2.31. The van der Waals surface area contributed by atoms with E-state index in [9.17, 15) is 0 Å². The first-order valence-corrected chi connectivity index (χ1v) is 24.0. The lowest BCUT2D eigenvalue weighted by atomic mass is 9.62. The van der Waals surface area contributed by atoms with E-state index in [2.05, 4.69) is 228 Å². The van der Waals surface area contributed by atoms with Gasteiger partial charge in [0, 0.05) is 43.7 Å². The number of aromatic nitrogens is 1. The number of anilines is 3. The minimum Gasteiger partial charge on any atom is -0.311 e. The summed E-state index contributed by atoms with van der Waals surface area (Å²) in [6.07, 6.45) is 0. The van der Waals surface area contributed by atoms with Crippen molar-refractivity contribution in [3.8, 4) is 27.9 Å². The van der Waals surface area contributed by atoms with Crippen molar-refractivity contribution >= 4 is 61.9 Å². The highest BCUT2D eigenvalue weighted by atomic mass is 31.2. The van der Waals surface area contributed by atoms with Gasteiger partial charge in [-0.2, -0.15) is 0 Å². The molecule has 0 saturated heterocycles. The van der Waals surface area contributed by atoms with E-state index in [1.165, 1.54) is 44.1 Å². The molecule has 0 amide bonds. The average Bonchev–Trinajstić information content (AvgIpc) is 3.73. The molecule has 10 aromatic carbocycles. The summed E-state index contributed by atoms with van der Waals surface area (Å²) in [7, 11) is -3.38. The fourth-order valence-electron chi connectivity index (χ4n) is 11.1. The van der Waals surface area contributed by atoms with Gasteiger partial charge < -0.3 is 14.0 Å². The normalized spacial score (nSPS) is 16.8. The van der Waals surface area contributed by atoms with E-state index in [0.29, 0.717) is 0 Å². The molecular formula is C61H41N2OP. The van der Waals surface area contributed by atoms with Crippen LogP contribution in [0.25, 0.3) is 49.7 Å². The van der Waals surface area contributed by atoms with Crippen molar-refractivity contribution in [3.05, 3.63) is 271 Å². The molecule has 4 heteroatoms. The number of rotatable bonds is 6. The van der Waals surface area contributed by atoms with Crippen LogP contribution < -0.4 is 20.8 Å². The molecule has 2 aliphatic rings. The lowest BCUT2D eigenvalue weighted by molar-refractivity contribution is 0.590. The first-order chi connectivity index (χ1) is 32.1. The van der Waals surface area contributed by atoms with E-state index in [1.54, 1.807) is 0 Å². The number of hydrogen-bond acceptors (Lipinski definition) is 2. The smallest absolute Gasteiger partial charge is 0.171 e. The van der Waals surface area contributed by atoms with E-state index < -0.39 is 12.6 Å². The van der Waals surface area contributed by atoms with Crippen molar-refractivity contribution in [2.24, 2.45) is 0 Å². The first-order valence-electron chi connectivity index (χ1n) is 22.3. The molecule has 1 spiro atoms. The topological polar surface area (TPSA) is 25.2 Å². The molecule has 3 nitrogen and oxygen atoms in total. The second-order valence-electron chi connectivity index (χ2n) is 17.1. The summed E-state index contributed by atoms with van der Waals surface area (Å²) in [5.41, 5.74) is 15.0. The number of benzene rings is 10. The van der Waals surface area contributed by atoms with E-state index in [0.717, 1.165) is 60.9 Å². The molecule has 2 unspecified atom stereocenters. The number of nitrogens with zero attached hydrogens (tertiary/aromatic N) is 2. The zero-order valence-electron chi connectivity index (χ0n) is 35.4. The van der Waals surface area contributed by atoms with Crippen molar-refractivity contribution in [3.63, 3.8) is 0 Å². The predicted octanol–water partition coefficient (Wildman–Crippen LogP) is 14.2. The fourth-order valence-corrected chi connectivity index (χ4v) is 14.2. The number of para-hydroxylation sites is 4. The van der Waals surface area contributed by atoms with E-state index in [4.69, 9.17) is 0 Å². The molecule has 13 rings (SSSR count). The van der Waals surface area contributed by atoms with E-state index >= 15 is 4.57 Å². The molecule has 11 aromatic rings. The third-order valence-electron chi connectivity index (χ3n) is 13.9. The second-order valence-corrected chi connectivity index (χ2v) is 19.8. The maximum Gasteiger partial charge on any atom is 0.171 e. The minimum atomic E-state index is -3.38. The number of hydrogen-bond donors (Lipinski definition) is 0. The van der Waals surface area contributed by atoms with Gasteiger partial charge in [0.05, 0.1) is 22.1 Å². The molecule has 65 heavy (non-hydrogen) atoms. The van der Waals surface area contributed by atoms with Gasteiger partial charge in [-0.3, -0.25) is 0 Å². The zero-order valence-corrected chi connectivity index (χ0v) is 36.3. The van der Waals surface area contributed by atoms with Crippen LogP contribution in [0.5, 0.6) is 0 Å².